The van der Waals surface area contributed by atoms with Gasteiger partial charge in [0.2, 0.25) is 11.8 Å². The molecule has 2 aromatic rings. The molecule has 2 aromatic carbocycles. The summed E-state index contributed by atoms with van der Waals surface area (Å²) in [4.78, 5) is 29.0. The average molecular weight is 395 g/mol. The second-order valence-corrected chi connectivity index (χ2v) is 7.89. The van der Waals surface area contributed by atoms with Crippen LogP contribution in [-0.2, 0) is 16.1 Å². The number of carbonyl (C=O) groups excluding carboxylic acids is 2. The minimum atomic E-state index is -0.399. The topological polar surface area (TPSA) is 49.9 Å². The monoisotopic (exact) mass is 394 g/mol. The molecule has 5 heteroatoms. The van der Waals surface area contributed by atoms with Gasteiger partial charge in [0.15, 0.2) is 0 Å². The van der Waals surface area contributed by atoms with Gasteiger partial charge in [-0.25, -0.2) is 0 Å². The van der Waals surface area contributed by atoms with Crippen LogP contribution in [0.25, 0.3) is 0 Å². The lowest BCUT2D eigenvalue weighted by atomic mass is 10.0. The van der Waals surface area contributed by atoms with E-state index in [1.165, 1.54) is 12.5 Å². The lowest BCUT2D eigenvalue weighted by molar-refractivity contribution is -0.135. The van der Waals surface area contributed by atoms with Crippen LogP contribution in [0.4, 0.5) is 5.69 Å². The second kappa shape index (κ2) is 9.12. The summed E-state index contributed by atoms with van der Waals surface area (Å²) >= 11 is 0. The fourth-order valence-corrected chi connectivity index (χ4v) is 3.83. The summed E-state index contributed by atoms with van der Waals surface area (Å²) in [6, 6.07) is 15.5. The summed E-state index contributed by atoms with van der Waals surface area (Å²) in [7, 11) is 1.62. The van der Waals surface area contributed by atoms with E-state index in [0.29, 0.717) is 25.4 Å². The highest BCUT2D eigenvalue weighted by Crippen LogP contribution is 2.27. The molecule has 0 saturated carbocycles. The molecule has 0 aromatic heterocycles. The minimum Gasteiger partial charge on any atom is -0.497 e. The Hall–Kier alpha value is -2.82. The van der Waals surface area contributed by atoms with Gasteiger partial charge in [-0.2, -0.15) is 0 Å². The predicted octanol–water partition coefficient (Wildman–Crippen LogP) is 4.36. The molecule has 0 N–H and O–H groups in total. The molecule has 1 aliphatic rings. The van der Waals surface area contributed by atoms with Crippen LogP contribution < -0.4 is 9.64 Å². The number of rotatable bonds is 6. The van der Waals surface area contributed by atoms with Gasteiger partial charge in [-0.1, -0.05) is 38.1 Å². The van der Waals surface area contributed by atoms with E-state index in [1.807, 2.05) is 24.3 Å². The number of amides is 2. The van der Waals surface area contributed by atoms with Crippen molar-refractivity contribution >= 4 is 17.5 Å². The van der Waals surface area contributed by atoms with E-state index in [1.54, 1.807) is 16.9 Å². The van der Waals surface area contributed by atoms with Crippen LogP contribution >= 0.6 is 0 Å². The Morgan fingerprint density at radius 2 is 1.76 bits per heavy atom. The zero-order valence-electron chi connectivity index (χ0n) is 17.7. The summed E-state index contributed by atoms with van der Waals surface area (Å²) < 4.78 is 5.26. The number of carbonyl (C=O) groups is 2. The molecule has 0 radical (unpaired) electrons. The Balaban J connectivity index is 1.90. The van der Waals surface area contributed by atoms with Crippen molar-refractivity contribution in [3.63, 3.8) is 0 Å². The Kier molecular flexibility index (Phi) is 6.57. The van der Waals surface area contributed by atoms with Gasteiger partial charge < -0.3 is 14.5 Å². The number of likely N-dealkylation sites (tertiary alicyclic amines) is 1. The first-order valence-corrected chi connectivity index (χ1v) is 10.2. The Labute approximate surface area is 173 Å². The molecule has 2 amide bonds. The predicted molar refractivity (Wildman–Crippen MR) is 115 cm³/mol. The number of methoxy groups -OCH3 is 1. The first-order valence-electron chi connectivity index (χ1n) is 10.2. The molecule has 1 aliphatic heterocycles. The number of ether oxygens (including phenoxy) is 1. The second-order valence-electron chi connectivity index (χ2n) is 7.89. The normalized spacial score (nSPS) is 16.2. The van der Waals surface area contributed by atoms with Crippen molar-refractivity contribution in [2.75, 3.05) is 18.6 Å². The highest BCUT2D eigenvalue weighted by atomic mass is 16.5. The quantitative estimate of drug-likeness (QED) is 0.731. The van der Waals surface area contributed by atoms with Gasteiger partial charge in [-0.15, -0.1) is 0 Å². The van der Waals surface area contributed by atoms with Crippen LogP contribution in [-0.4, -0.2) is 36.4 Å². The zero-order chi connectivity index (χ0) is 21.0. The van der Waals surface area contributed by atoms with Crippen LogP contribution in [0, 0.1) is 0 Å². The van der Waals surface area contributed by atoms with Gasteiger partial charge in [0, 0.05) is 19.2 Å². The Bertz CT molecular complexity index is 843. The van der Waals surface area contributed by atoms with Crippen molar-refractivity contribution < 1.29 is 14.3 Å². The van der Waals surface area contributed by atoms with E-state index in [0.717, 1.165) is 23.4 Å². The molecule has 1 unspecified atom stereocenters. The third-order valence-electron chi connectivity index (χ3n) is 5.58. The van der Waals surface area contributed by atoms with E-state index < -0.39 is 6.04 Å². The van der Waals surface area contributed by atoms with Gasteiger partial charge in [0.1, 0.15) is 11.8 Å². The highest BCUT2D eigenvalue weighted by molar-refractivity contribution is 5.99. The van der Waals surface area contributed by atoms with Crippen molar-refractivity contribution in [3.05, 3.63) is 59.7 Å². The summed E-state index contributed by atoms with van der Waals surface area (Å²) in [5.74, 6) is 1.13. The van der Waals surface area contributed by atoms with Crippen molar-refractivity contribution in [2.24, 2.45) is 0 Å². The van der Waals surface area contributed by atoms with Crippen molar-refractivity contribution in [1.29, 1.82) is 0 Å². The summed E-state index contributed by atoms with van der Waals surface area (Å²) in [6.45, 7) is 6.97. The molecular formula is C24H30N2O3. The maximum absolute atomic E-state index is 13.5. The van der Waals surface area contributed by atoms with E-state index in [2.05, 4.69) is 38.1 Å². The molecule has 1 atom stereocenters. The molecule has 1 heterocycles. The first-order chi connectivity index (χ1) is 13.9. The number of hydrogen-bond donors (Lipinski definition) is 0. The first kappa shape index (κ1) is 20.9. The zero-order valence-corrected chi connectivity index (χ0v) is 17.7. The van der Waals surface area contributed by atoms with Gasteiger partial charge >= 0.3 is 0 Å². The maximum Gasteiger partial charge on any atom is 0.250 e. The molecule has 3 rings (SSSR count). The molecule has 29 heavy (non-hydrogen) atoms. The van der Waals surface area contributed by atoms with Crippen molar-refractivity contribution in [3.8, 4) is 5.75 Å². The third-order valence-corrected chi connectivity index (χ3v) is 5.58. The largest absolute Gasteiger partial charge is 0.497 e. The summed E-state index contributed by atoms with van der Waals surface area (Å²) in [6.07, 6.45) is 1.56. The number of nitrogens with zero attached hydrogens (tertiary/aromatic N) is 2. The number of hydrogen-bond acceptors (Lipinski definition) is 3. The SMILES string of the molecule is COc1ccc(N(Cc2ccc(C(C)C)cc2)C(=O)C2CCCN2C(C)=O)cc1. The lowest BCUT2D eigenvalue weighted by Gasteiger charge is -2.30. The molecular weight excluding hydrogens is 364 g/mol. The van der Waals surface area contributed by atoms with Crippen molar-refractivity contribution in [2.45, 2.75) is 52.1 Å². The Morgan fingerprint density at radius 3 is 2.31 bits per heavy atom. The van der Waals surface area contributed by atoms with Gasteiger partial charge in [-0.05, 0) is 54.2 Å². The smallest absolute Gasteiger partial charge is 0.250 e. The van der Waals surface area contributed by atoms with Crippen molar-refractivity contribution in [1.82, 2.24) is 4.90 Å². The fourth-order valence-electron chi connectivity index (χ4n) is 3.83. The molecule has 1 saturated heterocycles. The van der Waals surface area contributed by atoms with E-state index in [4.69, 9.17) is 4.74 Å². The van der Waals surface area contributed by atoms with Crippen LogP contribution in [0.5, 0.6) is 5.75 Å². The molecule has 5 nitrogen and oxygen atoms in total. The standard InChI is InChI=1S/C24H30N2O3/c1-17(2)20-9-7-19(8-10-20)16-26(21-11-13-22(29-4)14-12-21)24(28)23-6-5-15-25(23)18(3)27/h7-14,17,23H,5-6,15-16H2,1-4H3. The molecule has 0 spiro atoms. The van der Waals surface area contributed by atoms with Crippen LogP contribution in [0.15, 0.2) is 48.5 Å². The minimum absolute atomic E-state index is 0.0317. The molecule has 154 valence electrons. The summed E-state index contributed by atoms with van der Waals surface area (Å²) in [5.41, 5.74) is 3.14. The van der Waals surface area contributed by atoms with Gasteiger partial charge in [-0.3, -0.25) is 9.59 Å². The highest BCUT2D eigenvalue weighted by Gasteiger charge is 2.35. The van der Waals surface area contributed by atoms with Crippen LogP contribution in [0.3, 0.4) is 0 Å². The molecule has 1 fully saturated rings. The van der Waals surface area contributed by atoms with E-state index >= 15 is 0 Å². The number of anilines is 1. The van der Waals surface area contributed by atoms with Gasteiger partial charge in [0.05, 0.1) is 13.7 Å². The summed E-state index contributed by atoms with van der Waals surface area (Å²) in [5, 5.41) is 0. The maximum atomic E-state index is 13.5. The van der Waals surface area contributed by atoms with E-state index in [-0.39, 0.29) is 11.8 Å². The van der Waals surface area contributed by atoms with Gasteiger partial charge in [0.25, 0.3) is 0 Å². The van der Waals surface area contributed by atoms with Crippen LogP contribution in [0.2, 0.25) is 0 Å². The fraction of sp³-hybridized carbons (Fsp3) is 0.417. The van der Waals surface area contributed by atoms with Crippen LogP contribution in [0.1, 0.15) is 50.7 Å². The van der Waals surface area contributed by atoms with E-state index in [9.17, 15) is 9.59 Å². The molecule has 0 aliphatic carbocycles. The lowest BCUT2D eigenvalue weighted by Crippen LogP contribution is -2.47. The number of benzene rings is 2. The average Bonchev–Trinajstić information content (AvgIpc) is 3.22. The third kappa shape index (κ3) is 4.78. The Morgan fingerprint density at radius 1 is 1.10 bits per heavy atom. The molecule has 0 bridgehead atoms.